The van der Waals surface area contributed by atoms with Crippen molar-refractivity contribution in [1.82, 2.24) is 15.3 Å². The third-order valence-electron chi connectivity index (χ3n) is 4.56. The molecule has 1 aromatic heterocycles. The van der Waals surface area contributed by atoms with Crippen molar-refractivity contribution in [2.45, 2.75) is 38.8 Å². The van der Waals surface area contributed by atoms with Gasteiger partial charge in [0.1, 0.15) is 11.6 Å². The molecule has 6 nitrogen and oxygen atoms in total. The summed E-state index contributed by atoms with van der Waals surface area (Å²) in [5.74, 6) is 2.21. The Labute approximate surface area is 149 Å². The molecule has 2 heterocycles. The number of hydrogen-bond donors (Lipinski definition) is 2. The Hall–Kier alpha value is -2.34. The number of hydrogen-bond acceptors (Lipinski definition) is 6. The van der Waals surface area contributed by atoms with Crippen LogP contribution in [0.4, 0.5) is 11.8 Å². The Morgan fingerprint density at radius 2 is 2.08 bits per heavy atom. The van der Waals surface area contributed by atoms with Crippen LogP contribution >= 0.6 is 0 Å². The number of benzene rings is 1. The van der Waals surface area contributed by atoms with Crippen LogP contribution in [-0.4, -0.2) is 36.2 Å². The average molecular weight is 341 g/mol. The van der Waals surface area contributed by atoms with E-state index in [0.717, 1.165) is 56.2 Å². The van der Waals surface area contributed by atoms with Gasteiger partial charge in [0, 0.05) is 37.4 Å². The number of nitrogens with one attached hydrogen (secondary N) is 1. The first kappa shape index (κ1) is 17.5. The van der Waals surface area contributed by atoms with Crippen molar-refractivity contribution in [2.24, 2.45) is 0 Å². The Balaban J connectivity index is 1.56. The maximum Gasteiger partial charge on any atom is 0.222 e. The zero-order chi connectivity index (χ0) is 17.6. The molecule has 1 aromatic carbocycles. The molecule has 6 heteroatoms. The van der Waals surface area contributed by atoms with Gasteiger partial charge >= 0.3 is 0 Å². The van der Waals surface area contributed by atoms with Crippen molar-refractivity contribution in [3.8, 4) is 5.75 Å². The zero-order valence-electron chi connectivity index (χ0n) is 15.0. The van der Waals surface area contributed by atoms with Gasteiger partial charge in [-0.15, -0.1) is 0 Å². The third-order valence-corrected chi connectivity index (χ3v) is 4.56. The van der Waals surface area contributed by atoms with Gasteiger partial charge in [-0.05, 0) is 30.5 Å². The van der Waals surface area contributed by atoms with Crippen LogP contribution in [0.5, 0.6) is 5.75 Å². The van der Waals surface area contributed by atoms with Crippen molar-refractivity contribution in [2.75, 3.05) is 30.8 Å². The van der Waals surface area contributed by atoms with E-state index in [1.54, 1.807) is 7.11 Å². The Morgan fingerprint density at radius 1 is 1.28 bits per heavy atom. The van der Waals surface area contributed by atoms with Gasteiger partial charge in [-0.3, -0.25) is 0 Å². The van der Waals surface area contributed by atoms with Gasteiger partial charge in [-0.25, -0.2) is 4.98 Å². The van der Waals surface area contributed by atoms with Gasteiger partial charge in [-0.1, -0.05) is 25.5 Å². The quantitative estimate of drug-likeness (QED) is 0.805. The summed E-state index contributed by atoms with van der Waals surface area (Å²) in [6, 6.07) is 10.7. The molecule has 0 aliphatic carbocycles. The first-order chi connectivity index (χ1) is 12.2. The lowest BCUT2D eigenvalue weighted by molar-refractivity contribution is 0.414. The van der Waals surface area contributed by atoms with Crippen LogP contribution in [0.15, 0.2) is 30.3 Å². The smallest absolute Gasteiger partial charge is 0.222 e. The fraction of sp³-hybridized carbons (Fsp3) is 0.474. The SMILES string of the molecule is CCCc1cc(N2CCC(NCc3ccc(OC)cc3)C2)nc(N)n1. The lowest BCUT2D eigenvalue weighted by atomic mass is 10.2. The fourth-order valence-corrected chi connectivity index (χ4v) is 3.19. The molecule has 0 saturated carbocycles. The number of aryl methyl sites for hydroxylation is 1. The molecule has 0 amide bonds. The van der Waals surface area contributed by atoms with Crippen LogP contribution in [0.25, 0.3) is 0 Å². The first-order valence-corrected chi connectivity index (χ1v) is 8.92. The normalized spacial score (nSPS) is 17.0. The number of nitrogen functional groups attached to an aromatic ring is 1. The predicted octanol–water partition coefficient (Wildman–Crippen LogP) is 2.39. The standard InChI is InChI=1S/C19H27N5O/c1-3-4-15-11-18(23-19(20)22-15)24-10-9-16(13-24)21-12-14-5-7-17(25-2)8-6-14/h5-8,11,16,21H,3-4,9-10,12-13H2,1-2H3,(H2,20,22,23). The monoisotopic (exact) mass is 341 g/mol. The highest BCUT2D eigenvalue weighted by atomic mass is 16.5. The number of nitrogens with zero attached hydrogens (tertiary/aromatic N) is 3. The van der Waals surface area contributed by atoms with E-state index in [2.05, 4.69) is 45.3 Å². The second-order valence-corrected chi connectivity index (χ2v) is 6.49. The van der Waals surface area contributed by atoms with E-state index < -0.39 is 0 Å². The molecule has 134 valence electrons. The number of anilines is 2. The molecule has 3 N–H and O–H groups in total. The van der Waals surface area contributed by atoms with Gasteiger partial charge in [0.2, 0.25) is 5.95 Å². The fourth-order valence-electron chi connectivity index (χ4n) is 3.19. The summed E-state index contributed by atoms with van der Waals surface area (Å²) in [6.07, 6.45) is 3.10. The van der Waals surface area contributed by atoms with Crippen LogP contribution < -0.4 is 20.7 Å². The second kappa shape index (κ2) is 8.16. The van der Waals surface area contributed by atoms with Crippen molar-refractivity contribution in [3.05, 3.63) is 41.6 Å². The summed E-state index contributed by atoms with van der Waals surface area (Å²) in [5, 5.41) is 3.63. The largest absolute Gasteiger partial charge is 0.497 e. The lowest BCUT2D eigenvalue weighted by Gasteiger charge is -2.19. The molecule has 3 rings (SSSR count). The molecule has 1 atom stereocenters. The Bertz CT molecular complexity index is 689. The predicted molar refractivity (Wildman–Crippen MR) is 101 cm³/mol. The Morgan fingerprint density at radius 3 is 2.80 bits per heavy atom. The molecule has 1 unspecified atom stereocenters. The summed E-state index contributed by atoms with van der Waals surface area (Å²) in [7, 11) is 1.69. The molecule has 0 radical (unpaired) electrons. The van der Waals surface area contributed by atoms with Gasteiger partial charge in [0.05, 0.1) is 7.11 Å². The van der Waals surface area contributed by atoms with E-state index in [0.29, 0.717) is 12.0 Å². The van der Waals surface area contributed by atoms with Crippen LogP contribution in [0.1, 0.15) is 31.0 Å². The third kappa shape index (κ3) is 4.60. The van der Waals surface area contributed by atoms with E-state index in [1.807, 2.05) is 12.1 Å². The van der Waals surface area contributed by atoms with E-state index in [1.165, 1.54) is 5.56 Å². The van der Waals surface area contributed by atoms with Gasteiger partial charge in [-0.2, -0.15) is 4.98 Å². The van der Waals surface area contributed by atoms with Crippen LogP contribution in [-0.2, 0) is 13.0 Å². The highest BCUT2D eigenvalue weighted by Crippen LogP contribution is 2.21. The molecule has 25 heavy (non-hydrogen) atoms. The van der Waals surface area contributed by atoms with Crippen molar-refractivity contribution in [1.29, 1.82) is 0 Å². The molecule has 2 aromatic rings. The maximum atomic E-state index is 5.88. The molecule has 1 fully saturated rings. The number of rotatable bonds is 7. The number of methoxy groups -OCH3 is 1. The van der Waals surface area contributed by atoms with Crippen molar-refractivity contribution >= 4 is 11.8 Å². The summed E-state index contributed by atoms with van der Waals surface area (Å²) >= 11 is 0. The highest BCUT2D eigenvalue weighted by Gasteiger charge is 2.23. The molecule has 1 aliphatic heterocycles. The molecule has 0 spiro atoms. The summed E-state index contributed by atoms with van der Waals surface area (Å²) in [5.41, 5.74) is 8.16. The van der Waals surface area contributed by atoms with E-state index >= 15 is 0 Å². The number of ether oxygens (including phenoxy) is 1. The second-order valence-electron chi connectivity index (χ2n) is 6.49. The molecular weight excluding hydrogens is 314 g/mol. The van der Waals surface area contributed by atoms with E-state index in [4.69, 9.17) is 10.5 Å². The highest BCUT2D eigenvalue weighted by molar-refractivity contribution is 5.45. The topological polar surface area (TPSA) is 76.3 Å². The molecule has 1 aliphatic rings. The van der Waals surface area contributed by atoms with E-state index in [9.17, 15) is 0 Å². The lowest BCUT2D eigenvalue weighted by Crippen LogP contribution is -2.32. The zero-order valence-corrected chi connectivity index (χ0v) is 15.0. The minimum Gasteiger partial charge on any atom is -0.497 e. The van der Waals surface area contributed by atoms with Crippen LogP contribution in [0.3, 0.4) is 0 Å². The number of aromatic nitrogens is 2. The maximum absolute atomic E-state index is 5.88. The van der Waals surface area contributed by atoms with Crippen molar-refractivity contribution in [3.63, 3.8) is 0 Å². The number of nitrogens with two attached hydrogens (primary N) is 1. The minimum absolute atomic E-state index is 0.371. The summed E-state index contributed by atoms with van der Waals surface area (Å²) < 4.78 is 5.20. The minimum atomic E-state index is 0.371. The van der Waals surface area contributed by atoms with Gasteiger partial charge < -0.3 is 20.7 Å². The summed E-state index contributed by atoms with van der Waals surface area (Å²) in [4.78, 5) is 11.0. The van der Waals surface area contributed by atoms with E-state index in [-0.39, 0.29) is 0 Å². The van der Waals surface area contributed by atoms with Gasteiger partial charge in [0.15, 0.2) is 0 Å². The average Bonchev–Trinajstić information content (AvgIpc) is 3.09. The molecule has 0 bridgehead atoms. The molecule has 1 saturated heterocycles. The summed E-state index contributed by atoms with van der Waals surface area (Å²) in [6.45, 7) is 4.93. The van der Waals surface area contributed by atoms with Gasteiger partial charge in [0.25, 0.3) is 0 Å². The van der Waals surface area contributed by atoms with Crippen LogP contribution in [0, 0.1) is 0 Å². The van der Waals surface area contributed by atoms with Crippen molar-refractivity contribution < 1.29 is 4.74 Å². The molecular formula is C19H27N5O. The first-order valence-electron chi connectivity index (χ1n) is 8.92. The Kier molecular flexibility index (Phi) is 5.71. The van der Waals surface area contributed by atoms with Crippen LogP contribution in [0.2, 0.25) is 0 Å².